The Kier molecular flexibility index (Phi) is 7.12. The van der Waals surface area contributed by atoms with Crippen LogP contribution in [0.25, 0.3) is 11.2 Å². The second kappa shape index (κ2) is 10.4. The third-order valence-electron chi connectivity index (χ3n) is 5.74. The molecule has 34 heavy (non-hydrogen) atoms. The van der Waals surface area contributed by atoms with Crippen molar-refractivity contribution in [2.24, 2.45) is 0 Å². The molecule has 0 aliphatic heterocycles. The molecule has 178 valence electrons. The van der Waals surface area contributed by atoms with Crippen molar-refractivity contribution in [1.82, 2.24) is 19.1 Å². The topological polar surface area (TPSA) is 120 Å². The lowest BCUT2D eigenvalue weighted by molar-refractivity contribution is 0.221. The number of nitrogens with zero attached hydrogens (tertiary/aromatic N) is 3. The molecule has 4 rings (SSSR count). The molecule has 0 aliphatic rings. The first kappa shape index (κ1) is 23.3. The lowest BCUT2D eigenvalue weighted by Gasteiger charge is -2.11. The molecular weight excluding hydrogens is 432 g/mol. The first-order valence-corrected chi connectivity index (χ1v) is 11.4. The van der Waals surface area contributed by atoms with Gasteiger partial charge in [-0.05, 0) is 42.2 Å². The van der Waals surface area contributed by atoms with E-state index in [2.05, 4.69) is 10.3 Å². The van der Waals surface area contributed by atoms with E-state index in [4.69, 9.17) is 15.5 Å². The number of imidazole rings is 1. The first-order chi connectivity index (χ1) is 16.5. The predicted octanol–water partition coefficient (Wildman–Crippen LogP) is 2.73. The van der Waals surface area contributed by atoms with Crippen LogP contribution in [0.4, 0.5) is 11.4 Å². The Labute approximate surface area is 197 Å². The number of aromatic amines is 1. The highest BCUT2D eigenvalue weighted by atomic mass is 16.5. The minimum Gasteiger partial charge on any atom is -0.399 e. The number of aryl methyl sites for hydroxylation is 2. The van der Waals surface area contributed by atoms with Crippen molar-refractivity contribution >= 4 is 22.5 Å². The van der Waals surface area contributed by atoms with Crippen molar-refractivity contribution in [1.29, 1.82) is 0 Å². The van der Waals surface area contributed by atoms with Crippen LogP contribution in [0.3, 0.4) is 0 Å². The number of rotatable bonds is 10. The molecule has 4 aromatic rings. The van der Waals surface area contributed by atoms with Gasteiger partial charge in [0.15, 0.2) is 5.65 Å². The number of nitrogen functional groups attached to an aromatic ring is 1. The molecule has 0 unspecified atom stereocenters. The number of nitrogens with one attached hydrogen (secondary N) is 2. The van der Waals surface area contributed by atoms with E-state index in [0.717, 1.165) is 16.8 Å². The second-order valence-corrected chi connectivity index (χ2v) is 8.21. The van der Waals surface area contributed by atoms with Crippen molar-refractivity contribution in [3.05, 3.63) is 86.3 Å². The Hall–Kier alpha value is -3.85. The average molecular weight is 463 g/mol. The number of hydrogen-bond acceptors (Lipinski definition) is 6. The molecule has 0 amide bonds. The van der Waals surface area contributed by atoms with E-state index < -0.39 is 0 Å². The number of H-pyrrole nitrogens is 1. The molecule has 9 nitrogen and oxygen atoms in total. The van der Waals surface area contributed by atoms with Crippen LogP contribution in [0.15, 0.2) is 58.1 Å². The van der Waals surface area contributed by atoms with E-state index in [9.17, 15) is 9.59 Å². The maximum Gasteiger partial charge on any atom is 0.332 e. The molecule has 0 bridgehead atoms. The summed E-state index contributed by atoms with van der Waals surface area (Å²) < 4.78 is 8.01. The van der Waals surface area contributed by atoms with Crippen LogP contribution in [0.5, 0.6) is 0 Å². The summed E-state index contributed by atoms with van der Waals surface area (Å²) in [6.45, 7) is 3.08. The Balaban J connectivity index is 1.73. The van der Waals surface area contributed by atoms with Gasteiger partial charge in [-0.1, -0.05) is 37.3 Å². The van der Waals surface area contributed by atoms with Gasteiger partial charge in [-0.3, -0.25) is 13.9 Å². The Morgan fingerprint density at radius 3 is 2.56 bits per heavy atom. The molecule has 9 heteroatoms. The fourth-order valence-corrected chi connectivity index (χ4v) is 4.02. The van der Waals surface area contributed by atoms with Crippen LogP contribution >= 0.6 is 0 Å². The number of ether oxygens (including phenoxy) is 1. The summed E-state index contributed by atoms with van der Waals surface area (Å²) in [5, 5.41) is 3.22. The molecule has 0 saturated carbocycles. The summed E-state index contributed by atoms with van der Waals surface area (Å²) in [5.74, 6) is 0.619. The van der Waals surface area contributed by atoms with Crippen molar-refractivity contribution in [2.45, 2.75) is 39.3 Å². The average Bonchev–Trinajstić information content (AvgIpc) is 3.26. The Bertz CT molecular complexity index is 1380. The van der Waals surface area contributed by atoms with E-state index in [0.29, 0.717) is 61.8 Å². The van der Waals surface area contributed by atoms with Gasteiger partial charge in [0, 0.05) is 38.0 Å². The molecule has 0 radical (unpaired) electrons. The van der Waals surface area contributed by atoms with Crippen molar-refractivity contribution in [3.63, 3.8) is 0 Å². The standard InChI is InChI=1S/C25H30N6O3/c1-3-13-31-24(32)22-23(30(25(31)33)14-12-17-8-10-19(26)11-9-17)29-21(28-22)15-18-6-4-5-7-20(18)27-16-34-2/h4-11,27H,3,12-16,26H2,1-2H3,(H,28,29). The van der Waals surface area contributed by atoms with Gasteiger partial charge in [0.2, 0.25) is 0 Å². The highest BCUT2D eigenvalue weighted by molar-refractivity contribution is 5.70. The quantitative estimate of drug-likeness (QED) is 0.246. The van der Waals surface area contributed by atoms with E-state index in [-0.39, 0.29) is 11.2 Å². The molecule has 2 heterocycles. The number of benzene rings is 2. The van der Waals surface area contributed by atoms with Crippen LogP contribution in [-0.4, -0.2) is 32.9 Å². The monoisotopic (exact) mass is 462 g/mol. The minimum absolute atomic E-state index is 0.338. The molecule has 0 fully saturated rings. The third-order valence-corrected chi connectivity index (χ3v) is 5.74. The summed E-state index contributed by atoms with van der Waals surface area (Å²) >= 11 is 0. The van der Waals surface area contributed by atoms with Crippen molar-refractivity contribution in [2.75, 3.05) is 24.9 Å². The predicted molar refractivity (Wildman–Crippen MR) is 134 cm³/mol. The number of fused-ring (bicyclic) bond motifs is 1. The zero-order chi connectivity index (χ0) is 24.1. The fraction of sp³-hybridized carbons (Fsp3) is 0.320. The Morgan fingerprint density at radius 1 is 1.06 bits per heavy atom. The summed E-state index contributed by atoms with van der Waals surface area (Å²) in [4.78, 5) is 34.2. The number of aromatic nitrogens is 4. The van der Waals surface area contributed by atoms with E-state index in [1.807, 2.05) is 55.5 Å². The molecule has 4 N–H and O–H groups in total. The van der Waals surface area contributed by atoms with Gasteiger partial charge in [0.25, 0.3) is 5.56 Å². The van der Waals surface area contributed by atoms with Crippen LogP contribution in [0.2, 0.25) is 0 Å². The minimum atomic E-state index is -0.338. The van der Waals surface area contributed by atoms with Gasteiger partial charge >= 0.3 is 5.69 Å². The number of methoxy groups -OCH3 is 1. The maximum atomic E-state index is 13.2. The van der Waals surface area contributed by atoms with E-state index in [1.165, 1.54) is 4.57 Å². The SMILES string of the molecule is CCCn1c(=O)c2[nH]c(Cc3ccccc3NCOC)nc2n(CCc2ccc(N)cc2)c1=O. The smallest absolute Gasteiger partial charge is 0.332 e. The van der Waals surface area contributed by atoms with Crippen LogP contribution < -0.4 is 22.3 Å². The molecule has 2 aromatic carbocycles. The lowest BCUT2D eigenvalue weighted by atomic mass is 10.1. The van der Waals surface area contributed by atoms with Gasteiger partial charge in [-0.2, -0.15) is 0 Å². The number of anilines is 2. The Morgan fingerprint density at radius 2 is 1.82 bits per heavy atom. The highest BCUT2D eigenvalue weighted by Gasteiger charge is 2.18. The molecule has 0 saturated heterocycles. The van der Waals surface area contributed by atoms with E-state index in [1.54, 1.807) is 11.7 Å². The van der Waals surface area contributed by atoms with Gasteiger partial charge in [0.05, 0.1) is 0 Å². The zero-order valence-electron chi connectivity index (χ0n) is 19.5. The summed E-state index contributed by atoms with van der Waals surface area (Å²) in [7, 11) is 1.62. The normalized spacial score (nSPS) is 11.2. The molecular formula is C25H30N6O3. The summed E-state index contributed by atoms with van der Waals surface area (Å²) in [6.07, 6.45) is 1.77. The highest BCUT2D eigenvalue weighted by Crippen LogP contribution is 2.19. The van der Waals surface area contributed by atoms with Gasteiger partial charge in [0.1, 0.15) is 18.1 Å². The molecule has 2 aromatic heterocycles. The summed E-state index contributed by atoms with van der Waals surface area (Å²) in [5.41, 5.74) is 9.52. The maximum absolute atomic E-state index is 13.2. The zero-order valence-corrected chi connectivity index (χ0v) is 19.5. The van der Waals surface area contributed by atoms with Crippen LogP contribution in [-0.2, 0) is 30.7 Å². The molecule has 0 aliphatic carbocycles. The molecule has 0 atom stereocenters. The number of hydrogen-bond donors (Lipinski definition) is 3. The lowest BCUT2D eigenvalue weighted by Crippen LogP contribution is -2.40. The van der Waals surface area contributed by atoms with Gasteiger partial charge < -0.3 is 20.8 Å². The van der Waals surface area contributed by atoms with E-state index >= 15 is 0 Å². The fourth-order valence-electron chi connectivity index (χ4n) is 4.02. The van der Waals surface area contributed by atoms with Crippen LogP contribution in [0.1, 0.15) is 30.3 Å². The third kappa shape index (κ3) is 4.89. The number of nitrogens with two attached hydrogens (primary N) is 1. The first-order valence-electron chi connectivity index (χ1n) is 11.4. The largest absolute Gasteiger partial charge is 0.399 e. The molecule has 0 spiro atoms. The van der Waals surface area contributed by atoms with Gasteiger partial charge in [-0.15, -0.1) is 0 Å². The van der Waals surface area contributed by atoms with Crippen molar-refractivity contribution in [3.8, 4) is 0 Å². The number of para-hydroxylation sites is 1. The van der Waals surface area contributed by atoms with Crippen LogP contribution in [0, 0.1) is 0 Å². The summed E-state index contributed by atoms with van der Waals surface area (Å²) in [6, 6.07) is 15.4. The van der Waals surface area contributed by atoms with Gasteiger partial charge in [-0.25, -0.2) is 9.78 Å². The second-order valence-electron chi connectivity index (χ2n) is 8.21. The van der Waals surface area contributed by atoms with Crippen molar-refractivity contribution < 1.29 is 4.74 Å².